The van der Waals surface area contributed by atoms with Crippen LogP contribution < -0.4 is 16.2 Å². The quantitative estimate of drug-likeness (QED) is 0.643. The van der Waals surface area contributed by atoms with Crippen LogP contribution in [0.3, 0.4) is 0 Å². The highest BCUT2D eigenvalue weighted by atomic mass is 16.5. The molecule has 3 aromatic rings. The van der Waals surface area contributed by atoms with Crippen molar-refractivity contribution in [1.82, 2.24) is 10.2 Å². The van der Waals surface area contributed by atoms with E-state index >= 15 is 0 Å². The second kappa shape index (κ2) is 6.55. The molecule has 0 saturated carbocycles. The molecule has 0 bridgehead atoms. The van der Waals surface area contributed by atoms with Crippen molar-refractivity contribution < 1.29 is 9.53 Å². The molecule has 5 N–H and O–H groups in total. The Kier molecular flexibility index (Phi) is 4.31. The summed E-state index contributed by atoms with van der Waals surface area (Å²) in [6.45, 7) is -0.0672. The molecule has 24 heavy (non-hydrogen) atoms. The first kappa shape index (κ1) is 15.8. The molecule has 3 rings (SSSR count). The number of rotatable bonds is 6. The van der Waals surface area contributed by atoms with Gasteiger partial charge in [0.15, 0.2) is 0 Å². The predicted octanol–water partition coefficient (Wildman–Crippen LogP) is 1.79. The molecule has 1 unspecified atom stereocenters. The number of primary amides is 1. The van der Waals surface area contributed by atoms with Crippen LogP contribution in [0, 0.1) is 0 Å². The molecule has 2 aromatic carbocycles. The second-order valence-electron chi connectivity index (χ2n) is 5.37. The number of ether oxygens (including phenoxy) is 1. The van der Waals surface area contributed by atoms with Gasteiger partial charge in [0.05, 0.1) is 6.20 Å². The van der Waals surface area contributed by atoms with E-state index in [1.54, 1.807) is 36.7 Å². The highest BCUT2D eigenvalue weighted by Gasteiger charge is 2.40. The zero-order valence-electron chi connectivity index (χ0n) is 13.0. The first-order valence-electron chi connectivity index (χ1n) is 7.49. The van der Waals surface area contributed by atoms with Gasteiger partial charge in [-0.25, -0.2) is 0 Å². The van der Waals surface area contributed by atoms with E-state index in [-0.39, 0.29) is 6.54 Å². The maximum Gasteiger partial charge on any atom is 0.267 e. The van der Waals surface area contributed by atoms with E-state index in [0.717, 1.165) is 11.1 Å². The van der Waals surface area contributed by atoms with Gasteiger partial charge in [-0.1, -0.05) is 42.5 Å². The van der Waals surface area contributed by atoms with Gasteiger partial charge in [0, 0.05) is 23.9 Å². The van der Waals surface area contributed by atoms with Crippen LogP contribution in [0.4, 0.5) is 0 Å². The van der Waals surface area contributed by atoms with Gasteiger partial charge in [0.25, 0.3) is 5.91 Å². The summed E-state index contributed by atoms with van der Waals surface area (Å²) >= 11 is 0. The van der Waals surface area contributed by atoms with Crippen LogP contribution in [0.15, 0.2) is 67.0 Å². The Bertz CT molecular complexity index is 801. The minimum Gasteiger partial charge on any atom is -0.471 e. The van der Waals surface area contributed by atoms with Crippen molar-refractivity contribution in [2.45, 2.75) is 5.60 Å². The SMILES string of the molecule is NCC(Oc1ccccc1)(C(N)=O)c1ccc(-c2cn[nH]c2)cc1. The first-order chi connectivity index (χ1) is 11.7. The summed E-state index contributed by atoms with van der Waals surface area (Å²) in [5, 5.41) is 6.69. The van der Waals surface area contributed by atoms with Gasteiger partial charge in [-0.15, -0.1) is 0 Å². The predicted molar refractivity (Wildman–Crippen MR) is 91.0 cm³/mol. The lowest BCUT2D eigenvalue weighted by molar-refractivity contribution is -0.133. The fraction of sp³-hybridized carbons (Fsp3) is 0.111. The number of hydrogen-bond donors (Lipinski definition) is 3. The number of hydrogen-bond acceptors (Lipinski definition) is 4. The number of nitrogens with one attached hydrogen (secondary N) is 1. The standard InChI is InChI=1S/C18H18N4O2/c19-12-18(17(20)23,24-16-4-2-1-3-5-16)15-8-6-13(7-9-15)14-10-21-22-11-14/h1-11H,12,19H2,(H2,20,23)(H,21,22). The molecule has 1 aromatic heterocycles. The molecular weight excluding hydrogens is 304 g/mol. The van der Waals surface area contributed by atoms with Gasteiger partial charge in [-0.05, 0) is 17.7 Å². The van der Waals surface area contributed by atoms with Gasteiger partial charge in [-0.3, -0.25) is 9.89 Å². The van der Waals surface area contributed by atoms with Crippen molar-refractivity contribution in [3.05, 3.63) is 72.6 Å². The van der Waals surface area contributed by atoms with Gasteiger partial charge >= 0.3 is 0 Å². The summed E-state index contributed by atoms with van der Waals surface area (Å²) in [5.74, 6) is -0.106. The van der Waals surface area contributed by atoms with Crippen molar-refractivity contribution in [1.29, 1.82) is 0 Å². The Morgan fingerprint density at radius 3 is 2.33 bits per heavy atom. The molecule has 1 heterocycles. The van der Waals surface area contributed by atoms with Crippen molar-refractivity contribution in [2.75, 3.05) is 6.54 Å². The van der Waals surface area contributed by atoms with Crippen LogP contribution in [-0.4, -0.2) is 22.6 Å². The molecule has 6 heteroatoms. The highest BCUT2D eigenvalue weighted by molar-refractivity contribution is 5.86. The van der Waals surface area contributed by atoms with Crippen molar-refractivity contribution in [2.24, 2.45) is 11.5 Å². The minimum atomic E-state index is -1.42. The molecule has 6 nitrogen and oxygen atoms in total. The second-order valence-corrected chi connectivity index (χ2v) is 5.37. The number of para-hydroxylation sites is 1. The number of benzene rings is 2. The Hall–Kier alpha value is -3.12. The number of amides is 1. The van der Waals surface area contributed by atoms with Gasteiger partial charge in [0.2, 0.25) is 5.60 Å². The summed E-state index contributed by atoms with van der Waals surface area (Å²) in [6, 6.07) is 16.4. The van der Waals surface area contributed by atoms with E-state index in [0.29, 0.717) is 11.3 Å². The summed E-state index contributed by atoms with van der Waals surface area (Å²) in [4.78, 5) is 12.2. The third-order valence-corrected chi connectivity index (χ3v) is 3.90. The zero-order chi connectivity index (χ0) is 17.0. The van der Waals surface area contributed by atoms with Crippen LogP contribution in [0.2, 0.25) is 0 Å². The number of aromatic nitrogens is 2. The van der Waals surface area contributed by atoms with E-state index < -0.39 is 11.5 Å². The van der Waals surface area contributed by atoms with E-state index in [4.69, 9.17) is 16.2 Å². The molecule has 122 valence electrons. The average Bonchev–Trinajstić information content (AvgIpc) is 3.15. The highest BCUT2D eigenvalue weighted by Crippen LogP contribution is 2.29. The summed E-state index contributed by atoms with van der Waals surface area (Å²) < 4.78 is 5.91. The zero-order valence-corrected chi connectivity index (χ0v) is 13.0. The lowest BCUT2D eigenvalue weighted by Gasteiger charge is -2.30. The van der Waals surface area contributed by atoms with Crippen LogP contribution in [0.25, 0.3) is 11.1 Å². The molecule has 0 aliphatic heterocycles. The smallest absolute Gasteiger partial charge is 0.267 e. The molecule has 0 saturated heterocycles. The Morgan fingerprint density at radius 2 is 1.79 bits per heavy atom. The lowest BCUT2D eigenvalue weighted by atomic mass is 9.91. The largest absolute Gasteiger partial charge is 0.471 e. The van der Waals surface area contributed by atoms with Crippen LogP contribution in [0.5, 0.6) is 5.75 Å². The molecule has 0 spiro atoms. The van der Waals surface area contributed by atoms with Gasteiger partial charge in [-0.2, -0.15) is 5.10 Å². The number of nitrogens with zero attached hydrogens (tertiary/aromatic N) is 1. The summed E-state index contributed by atoms with van der Waals surface area (Å²) in [7, 11) is 0. The molecule has 0 radical (unpaired) electrons. The monoisotopic (exact) mass is 322 g/mol. The summed E-state index contributed by atoms with van der Waals surface area (Å²) in [5.41, 5.74) is 12.6. The molecule has 1 amide bonds. The normalized spacial score (nSPS) is 13.2. The molecule has 0 aliphatic rings. The van der Waals surface area contributed by atoms with E-state index in [9.17, 15) is 4.79 Å². The van der Waals surface area contributed by atoms with Crippen LogP contribution in [0.1, 0.15) is 5.56 Å². The fourth-order valence-corrected chi connectivity index (χ4v) is 2.54. The molecule has 0 aliphatic carbocycles. The summed E-state index contributed by atoms with van der Waals surface area (Å²) in [6.07, 6.45) is 3.51. The van der Waals surface area contributed by atoms with Gasteiger partial charge < -0.3 is 16.2 Å². The molecule has 0 fully saturated rings. The van der Waals surface area contributed by atoms with Gasteiger partial charge in [0.1, 0.15) is 5.75 Å². The number of H-pyrrole nitrogens is 1. The number of nitrogens with two attached hydrogens (primary N) is 2. The molecule has 1 atom stereocenters. The number of aromatic amines is 1. The third-order valence-electron chi connectivity index (χ3n) is 3.90. The van der Waals surface area contributed by atoms with Crippen LogP contribution in [-0.2, 0) is 10.4 Å². The Labute approximate surface area is 139 Å². The lowest BCUT2D eigenvalue weighted by Crippen LogP contribution is -2.51. The van der Waals surface area contributed by atoms with Crippen molar-refractivity contribution in [3.63, 3.8) is 0 Å². The topological polar surface area (TPSA) is 107 Å². The minimum absolute atomic E-state index is 0.0672. The fourth-order valence-electron chi connectivity index (χ4n) is 2.54. The van der Waals surface area contributed by atoms with E-state index in [1.807, 2.05) is 30.3 Å². The van der Waals surface area contributed by atoms with E-state index in [1.165, 1.54) is 0 Å². The molecular formula is C18H18N4O2. The third kappa shape index (κ3) is 2.87. The average molecular weight is 322 g/mol. The van der Waals surface area contributed by atoms with Crippen molar-refractivity contribution in [3.8, 4) is 16.9 Å². The maximum absolute atomic E-state index is 12.2. The number of carbonyl (C=O) groups is 1. The first-order valence-corrected chi connectivity index (χ1v) is 7.49. The van der Waals surface area contributed by atoms with E-state index in [2.05, 4.69) is 10.2 Å². The number of carbonyl (C=O) groups excluding carboxylic acids is 1. The maximum atomic E-state index is 12.2. The van der Waals surface area contributed by atoms with Crippen molar-refractivity contribution >= 4 is 5.91 Å². The Morgan fingerprint density at radius 1 is 1.08 bits per heavy atom. The Balaban J connectivity index is 1.98. The van der Waals surface area contributed by atoms with Crippen LogP contribution >= 0.6 is 0 Å².